The zero-order valence-corrected chi connectivity index (χ0v) is 22.9. The predicted octanol–water partition coefficient (Wildman–Crippen LogP) is 5.45. The Hall–Kier alpha value is -4.12. The van der Waals surface area contributed by atoms with Crippen molar-refractivity contribution in [1.29, 1.82) is 0 Å². The van der Waals surface area contributed by atoms with Crippen LogP contribution in [0.4, 0.5) is 18.9 Å². The molecular weight excluding hydrogens is 562 g/mol. The van der Waals surface area contributed by atoms with Gasteiger partial charge in [-0.05, 0) is 43.3 Å². The third-order valence-electron chi connectivity index (χ3n) is 6.93. The topological polar surface area (TPSA) is 101 Å². The molecule has 2 atom stereocenters. The highest BCUT2D eigenvalue weighted by Crippen LogP contribution is 2.53. The van der Waals surface area contributed by atoms with Gasteiger partial charge >= 0.3 is 13.7 Å². The van der Waals surface area contributed by atoms with E-state index in [1.54, 1.807) is 46.8 Å². The fraction of sp³-hybridized carbons (Fsp3) is 0.214. The largest absolute Gasteiger partial charge is 0.477 e. The number of benzene rings is 3. The number of aromatic nitrogens is 1. The van der Waals surface area contributed by atoms with Crippen LogP contribution in [-0.4, -0.2) is 53.1 Å². The highest BCUT2D eigenvalue weighted by molar-refractivity contribution is 7.51. The molecule has 2 unspecified atom stereocenters. The average molecular weight is 587 g/mol. The first-order valence-electron chi connectivity index (χ1n) is 12.5. The summed E-state index contributed by atoms with van der Waals surface area (Å²) in [6, 6.07) is 13.4. The quantitative estimate of drug-likeness (QED) is 0.285. The van der Waals surface area contributed by atoms with E-state index in [2.05, 4.69) is 0 Å². The van der Waals surface area contributed by atoms with Crippen molar-refractivity contribution >= 4 is 30.3 Å². The molecule has 0 saturated carbocycles. The van der Waals surface area contributed by atoms with Gasteiger partial charge in [-0.15, -0.1) is 0 Å². The summed E-state index contributed by atoms with van der Waals surface area (Å²) in [4.78, 5) is 26.4. The molecule has 0 spiro atoms. The number of pyridine rings is 1. The zero-order chi connectivity index (χ0) is 29.5. The first-order valence-corrected chi connectivity index (χ1v) is 14.0. The van der Waals surface area contributed by atoms with Gasteiger partial charge < -0.3 is 19.1 Å². The molecule has 1 fully saturated rings. The van der Waals surface area contributed by atoms with Gasteiger partial charge in [0, 0.05) is 56.1 Å². The number of fused-ring (bicyclic) bond motifs is 1. The normalized spacial score (nSPS) is 17.4. The summed E-state index contributed by atoms with van der Waals surface area (Å²) in [6.45, 7) is 2.34. The molecule has 2 heterocycles. The van der Waals surface area contributed by atoms with E-state index in [4.69, 9.17) is 9.05 Å². The molecule has 0 radical (unpaired) electrons. The van der Waals surface area contributed by atoms with Crippen LogP contribution in [0.25, 0.3) is 16.6 Å². The third-order valence-corrected chi connectivity index (χ3v) is 9.05. The van der Waals surface area contributed by atoms with Crippen LogP contribution < -0.4 is 14.9 Å². The molecule has 3 aromatic carbocycles. The lowest BCUT2D eigenvalue weighted by molar-refractivity contribution is 0.0695. The first kappa shape index (κ1) is 28.4. The second-order valence-electron chi connectivity index (χ2n) is 9.48. The highest BCUT2D eigenvalue weighted by Gasteiger charge is 2.41. The zero-order valence-electron chi connectivity index (χ0n) is 22.0. The Morgan fingerprint density at radius 3 is 2.37 bits per heavy atom. The van der Waals surface area contributed by atoms with E-state index in [-0.39, 0.29) is 41.9 Å². The predicted molar refractivity (Wildman–Crippen MR) is 146 cm³/mol. The van der Waals surface area contributed by atoms with Gasteiger partial charge in [-0.2, -0.15) is 4.67 Å². The molecule has 9 nitrogen and oxygen atoms in total. The molecule has 5 rings (SSSR count). The Labute approximate surface area is 232 Å². The lowest BCUT2D eigenvalue weighted by atomic mass is 10.1. The summed E-state index contributed by atoms with van der Waals surface area (Å²) >= 11 is 0. The number of carboxylic acids is 1. The molecular formula is C28H25F3N3O6P. The summed E-state index contributed by atoms with van der Waals surface area (Å²) < 4.78 is 70.7. The summed E-state index contributed by atoms with van der Waals surface area (Å²) in [5, 5.41) is 9.31. The number of halogens is 3. The summed E-state index contributed by atoms with van der Waals surface area (Å²) in [5.41, 5.74) is -1.38. The van der Waals surface area contributed by atoms with Gasteiger partial charge in [0.05, 0.1) is 11.2 Å². The number of anilines is 1. The van der Waals surface area contributed by atoms with E-state index < -0.39 is 48.2 Å². The van der Waals surface area contributed by atoms with Crippen molar-refractivity contribution in [3.05, 3.63) is 100 Å². The Kier molecular flexibility index (Phi) is 7.65. The molecule has 4 aromatic rings. The van der Waals surface area contributed by atoms with Crippen LogP contribution in [0.3, 0.4) is 0 Å². The monoisotopic (exact) mass is 587 g/mol. The van der Waals surface area contributed by atoms with Crippen LogP contribution in [0.2, 0.25) is 0 Å². The van der Waals surface area contributed by atoms with Crippen molar-refractivity contribution in [2.24, 2.45) is 0 Å². The van der Waals surface area contributed by atoms with E-state index in [0.29, 0.717) is 5.75 Å². The minimum absolute atomic E-state index is 0.0336. The number of carbonyl (C=O) groups is 1. The summed E-state index contributed by atoms with van der Waals surface area (Å²) in [6.07, 6.45) is 0.998. The molecule has 1 aliphatic heterocycles. The molecule has 0 bridgehead atoms. The number of hydrogen-bond donors (Lipinski definition) is 1. The fourth-order valence-corrected chi connectivity index (χ4v) is 6.58. The van der Waals surface area contributed by atoms with Crippen LogP contribution in [0.15, 0.2) is 71.7 Å². The Balaban J connectivity index is 1.54. The lowest BCUT2D eigenvalue weighted by Gasteiger charge is -2.42. The van der Waals surface area contributed by atoms with E-state index in [9.17, 15) is 28.0 Å². The smallest absolute Gasteiger partial charge is 0.461 e. The minimum atomic E-state index is -3.76. The lowest BCUT2D eigenvalue weighted by Crippen LogP contribution is -2.51. The Bertz CT molecular complexity index is 1750. The Morgan fingerprint density at radius 1 is 1.00 bits per heavy atom. The fourth-order valence-electron chi connectivity index (χ4n) is 4.92. The van der Waals surface area contributed by atoms with Crippen LogP contribution in [0, 0.1) is 17.5 Å². The summed E-state index contributed by atoms with van der Waals surface area (Å²) in [5.74, 6) is -4.27. The number of aromatic carboxylic acids is 1. The van der Waals surface area contributed by atoms with Gasteiger partial charge in [0.2, 0.25) is 5.43 Å². The van der Waals surface area contributed by atoms with Crippen LogP contribution in [0.5, 0.6) is 5.75 Å². The number of piperazine rings is 1. The maximum atomic E-state index is 15.5. The van der Waals surface area contributed by atoms with Crippen molar-refractivity contribution in [2.45, 2.75) is 13.0 Å². The van der Waals surface area contributed by atoms with Gasteiger partial charge in [0.1, 0.15) is 17.1 Å². The average Bonchev–Trinajstić information content (AvgIpc) is 2.95. The number of carboxylic acid groups (broad SMARTS) is 1. The highest BCUT2D eigenvalue weighted by atomic mass is 31.2. The van der Waals surface area contributed by atoms with Crippen molar-refractivity contribution in [3.63, 3.8) is 0 Å². The van der Waals surface area contributed by atoms with Crippen molar-refractivity contribution in [1.82, 2.24) is 9.24 Å². The SMILES string of the molecule is COP(=O)(Oc1ccccc1)N1CCN(c2cc3c(cc2F)c(=O)c(C(=O)O)cn3-c2ccc(F)c(F)c2)CC1C. The van der Waals surface area contributed by atoms with E-state index >= 15 is 4.39 Å². The van der Waals surface area contributed by atoms with Gasteiger partial charge in [-0.25, -0.2) is 22.5 Å². The molecule has 214 valence electrons. The van der Waals surface area contributed by atoms with Crippen molar-refractivity contribution in [3.8, 4) is 11.4 Å². The molecule has 1 aliphatic rings. The molecule has 0 amide bonds. The molecule has 1 saturated heterocycles. The first-order chi connectivity index (χ1) is 19.5. The number of para-hydroxylation sites is 1. The molecule has 0 aliphatic carbocycles. The Morgan fingerprint density at radius 2 is 1.73 bits per heavy atom. The van der Waals surface area contributed by atoms with Crippen molar-refractivity contribution in [2.75, 3.05) is 31.6 Å². The maximum absolute atomic E-state index is 15.5. The maximum Gasteiger partial charge on any atom is 0.461 e. The van der Waals surface area contributed by atoms with Crippen LogP contribution in [0.1, 0.15) is 17.3 Å². The van der Waals surface area contributed by atoms with E-state index in [1.807, 2.05) is 0 Å². The van der Waals surface area contributed by atoms with Crippen LogP contribution >= 0.6 is 7.75 Å². The summed E-state index contributed by atoms with van der Waals surface area (Å²) in [7, 11) is -2.47. The number of rotatable bonds is 7. The second-order valence-corrected chi connectivity index (χ2v) is 11.5. The van der Waals surface area contributed by atoms with Gasteiger partial charge in [-0.1, -0.05) is 18.2 Å². The number of hydrogen-bond acceptors (Lipinski definition) is 6. The molecule has 13 heteroatoms. The van der Waals surface area contributed by atoms with Gasteiger partial charge in [-0.3, -0.25) is 9.32 Å². The molecule has 41 heavy (non-hydrogen) atoms. The standard InChI is InChI=1S/C28H25F3N3O6P/c1-17-15-32(10-11-34(17)41(38,39-2)40-19-6-4-3-5-7-19)26-14-25-20(13-24(26)31)27(35)21(28(36)37)16-33(25)18-8-9-22(29)23(30)12-18/h3-9,12-14,16-17H,10-11,15H2,1-2H3,(H,36,37). The third kappa shape index (κ3) is 5.33. The second kappa shape index (κ2) is 11.0. The van der Waals surface area contributed by atoms with Crippen molar-refractivity contribution < 1.29 is 36.7 Å². The molecule has 1 aromatic heterocycles. The van der Waals surface area contributed by atoms with Gasteiger partial charge in [0.15, 0.2) is 11.6 Å². The van der Waals surface area contributed by atoms with Crippen LogP contribution in [-0.2, 0) is 9.09 Å². The van der Waals surface area contributed by atoms with E-state index in [0.717, 1.165) is 24.4 Å². The van der Waals surface area contributed by atoms with E-state index in [1.165, 1.54) is 23.8 Å². The van der Waals surface area contributed by atoms with Gasteiger partial charge in [0.25, 0.3) is 0 Å². The molecule has 1 N–H and O–H groups in total. The number of nitrogens with zero attached hydrogens (tertiary/aromatic N) is 3. The minimum Gasteiger partial charge on any atom is -0.477 e.